The number of aryl methyl sites for hydroxylation is 1. The van der Waals surface area contributed by atoms with Crippen molar-refractivity contribution in [2.24, 2.45) is 0 Å². The van der Waals surface area contributed by atoms with Crippen molar-refractivity contribution in [1.29, 1.82) is 0 Å². The van der Waals surface area contributed by atoms with Crippen molar-refractivity contribution in [2.45, 2.75) is 25.7 Å². The monoisotopic (exact) mass is 405 g/mol. The topological polar surface area (TPSA) is 41.9 Å². The molecule has 30 heavy (non-hydrogen) atoms. The summed E-state index contributed by atoms with van der Waals surface area (Å²) in [4.78, 5) is 2.09. The van der Waals surface area contributed by atoms with Crippen molar-refractivity contribution in [1.82, 2.24) is 4.90 Å². The minimum Gasteiger partial charge on any atom is -0.497 e. The van der Waals surface area contributed by atoms with E-state index in [1.807, 2.05) is 43.4 Å². The van der Waals surface area contributed by atoms with Gasteiger partial charge in [-0.15, -0.1) is 0 Å². The molecule has 0 saturated carbocycles. The van der Waals surface area contributed by atoms with E-state index >= 15 is 0 Å². The van der Waals surface area contributed by atoms with Gasteiger partial charge in [0.15, 0.2) is 0 Å². The summed E-state index contributed by atoms with van der Waals surface area (Å²) in [5, 5.41) is 10.6. The molecule has 4 nitrogen and oxygen atoms in total. The summed E-state index contributed by atoms with van der Waals surface area (Å²) in [6.45, 7) is 3.58. The van der Waals surface area contributed by atoms with Gasteiger partial charge in [-0.25, -0.2) is 0 Å². The van der Waals surface area contributed by atoms with Crippen LogP contribution in [0.4, 0.5) is 0 Å². The first-order valence-electron chi connectivity index (χ1n) is 10.3. The standard InChI is InChI=1S/C26H31NO3/c1-20-12-14-23(15-13-20)26(22-9-5-4-6-10-22)30-19-24(28)18-27(2)17-21-8-7-11-25(16-21)29-3/h4-16,24,26,28H,17-19H2,1-3H3. The molecule has 0 spiro atoms. The molecule has 3 rings (SSSR count). The first-order chi connectivity index (χ1) is 14.5. The number of hydrogen-bond donors (Lipinski definition) is 1. The second kappa shape index (κ2) is 10.9. The van der Waals surface area contributed by atoms with E-state index in [1.54, 1.807) is 7.11 Å². The smallest absolute Gasteiger partial charge is 0.119 e. The van der Waals surface area contributed by atoms with Gasteiger partial charge < -0.3 is 14.6 Å². The van der Waals surface area contributed by atoms with Crippen LogP contribution in [-0.4, -0.2) is 43.4 Å². The van der Waals surface area contributed by atoms with Crippen molar-refractivity contribution in [3.63, 3.8) is 0 Å². The molecule has 3 aromatic carbocycles. The number of aliphatic hydroxyl groups is 1. The van der Waals surface area contributed by atoms with E-state index in [-0.39, 0.29) is 12.7 Å². The lowest BCUT2D eigenvalue weighted by Crippen LogP contribution is -2.32. The number of hydrogen-bond acceptors (Lipinski definition) is 4. The Kier molecular flexibility index (Phi) is 8.03. The molecule has 3 aromatic rings. The van der Waals surface area contributed by atoms with Crippen LogP contribution in [0.3, 0.4) is 0 Å². The number of aliphatic hydroxyl groups excluding tert-OH is 1. The molecule has 2 unspecified atom stereocenters. The minimum absolute atomic E-state index is 0.204. The maximum atomic E-state index is 10.6. The predicted octanol–water partition coefficient (Wildman–Crippen LogP) is 4.60. The molecule has 0 saturated heterocycles. The average molecular weight is 406 g/mol. The Labute approximate surface area is 179 Å². The molecule has 2 atom stereocenters. The van der Waals surface area contributed by atoms with Crippen LogP contribution in [0.25, 0.3) is 0 Å². The van der Waals surface area contributed by atoms with Gasteiger partial charge in [0, 0.05) is 13.1 Å². The van der Waals surface area contributed by atoms with Gasteiger partial charge in [-0.05, 0) is 42.8 Å². The zero-order valence-corrected chi connectivity index (χ0v) is 18.0. The van der Waals surface area contributed by atoms with Gasteiger partial charge in [-0.2, -0.15) is 0 Å². The van der Waals surface area contributed by atoms with Crippen LogP contribution in [0, 0.1) is 6.92 Å². The Morgan fingerprint density at radius 1 is 0.900 bits per heavy atom. The molecule has 1 N–H and O–H groups in total. The Bertz CT molecular complexity index is 896. The number of rotatable bonds is 10. The van der Waals surface area contributed by atoms with Gasteiger partial charge >= 0.3 is 0 Å². The largest absolute Gasteiger partial charge is 0.497 e. The molecule has 0 aliphatic rings. The summed E-state index contributed by atoms with van der Waals surface area (Å²) in [5.74, 6) is 0.841. The lowest BCUT2D eigenvalue weighted by molar-refractivity contribution is -0.00626. The lowest BCUT2D eigenvalue weighted by Gasteiger charge is -2.24. The van der Waals surface area contributed by atoms with Crippen LogP contribution in [0.2, 0.25) is 0 Å². The Morgan fingerprint density at radius 3 is 2.30 bits per heavy atom. The number of benzene rings is 3. The second-order valence-corrected chi connectivity index (χ2v) is 7.74. The van der Waals surface area contributed by atoms with Crippen LogP contribution in [-0.2, 0) is 11.3 Å². The lowest BCUT2D eigenvalue weighted by atomic mass is 10.0. The quantitative estimate of drug-likeness (QED) is 0.535. The fourth-order valence-electron chi connectivity index (χ4n) is 3.52. The molecular weight excluding hydrogens is 374 g/mol. The summed E-state index contributed by atoms with van der Waals surface area (Å²) < 4.78 is 11.5. The van der Waals surface area contributed by atoms with E-state index in [0.717, 1.165) is 29.0 Å². The summed E-state index contributed by atoms with van der Waals surface area (Å²) >= 11 is 0. The van der Waals surface area contributed by atoms with Crippen molar-refractivity contribution in [3.05, 3.63) is 101 Å². The zero-order valence-electron chi connectivity index (χ0n) is 18.0. The van der Waals surface area contributed by atoms with Gasteiger partial charge in [0.1, 0.15) is 11.9 Å². The van der Waals surface area contributed by atoms with Gasteiger partial charge in [0.25, 0.3) is 0 Å². The first-order valence-corrected chi connectivity index (χ1v) is 10.3. The molecule has 4 heteroatoms. The normalized spacial score (nSPS) is 13.2. The Morgan fingerprint density at radius 2 is 1.60 bits per heavy atom. The molecule has 158 valence electrons. The molecule has 0 fully saturated rings. The highest BCUT2D eigenvalue weighted by Crippen LogP contribution is 2.26. The highest BCUT2D eigenvalue weighted by Gasteiger charge is 2.17. The number of nitrogens with zero attached hydrogens (tertiary/aromatic N) is 1. The number of likely N-dealkylation sites (N-methyl/N-ethyl adjacent to an activating group) is 1. The third-order valence-corrected chi connectivity index (χ3v) is 5.05. The van der Waals surface area contributed by atoms with Crippen LogP contribution in [0.15, 0.2) is 78.9 Å². The molecule has 0 aliphatic carbocycles. The molecule has 0 aliphatic heterocycles. The first kappa shape index (κ1) is 22.0. The summed E-state index contributed by atoms with van der Waals surface area (Å²) in [6, 6.07) is 26.5. The van der Waals surface area contributed by atoms with Gasteiger partial charge in [0.05, 0.1) is 19.8 Å². The molecule has 0 amide bonds. The van der Waals surface area contributed by atoms with Gasteiger partial charge in [-0.1, -0.05) is 72.3 Å². The highest BCUT2D eigenvalue weighted by atomic mass is 16.5. The minimum atomic E-state index is -0.586. The Hall–Kier alpha value is -2.66. The van der Waals surface area contributed by atoms with E-state index in [9.17, 15) is 5.11 Å². The molecule has 0 bridgehead atoms. The van der Waals surface area contributed by atoms with Crippen molar-refractivity contribution < 1.29 is 14.6 Å². The fourth-order valence-corrected chi connectivity index (χ4v) is 3.52. The molecule has 0 aromatic heterocycles. The highest BCUT2D eigenvalue weighted by molar-refractivity contribution is 5.32. The van der Waals surface area contributed by atoms with Crippen molar-refractivity contribution in [3.8, 4) is 5.75 Å². The summed E-state index contributed by atoms with van der Waals surface area (Å²) in [6.07, 6.45) is -0.789. The number of methoxy groups -OCH3 is 1. The fraction of sp³-hybridized carbons (Fsp3) is 0.308. The van der Waals surface area contributed by atoms with Gasteiger partial charge in [0.2, 0.25) is 0 Å². The van der Waals surface area contributed by atoms with E-state index in [0.29, 0.717) is 6.54 Å². The molecule has 0 heterocycles. The predicted molar refractivity (Wildman–Crippen MR) is 121 cm³/mol. The van der Waals surface area contributed by atoms with Crippen LogP contribution in [0.5, 0.6) is 5.75 Å². The molecule has 0 radical (unpaired) electrons. The van der Waals surface area contributed by atoms with E-state index < -0.39 is 6.10 Å². The third kappa shape index (κ3) is 6.42. The number of ether oxygens (including phenoxy) is 2. The van der Waals surface area contributed by atoms with Crippen LogP contribution in [0.1, 0.15) is 28.4 Å². The maximum absolute atomic E-state index is 10.6. The SMILES string of the molecule is COc1cccc(CN(C)CC(O)COC(c2ccccc2)c2ccc(C)cc2)c1. The Balaban J connectivity index is 1.59. The summed E-state index contributed by atoms with van der Waals surface area (Å²) in [5.41, 5.74) is 4.53. The van der Waals surface area contributed by atoms with Crippen molar-refractivity contribution >= 4 is 0 Å². The average Bonchev–Trinajstić information content (AvgIpc) is 2.76. The maximum Gasteiger partial charge on any atom is 0.119 e. The van der Waals surface area contributed by atoms with Crippen LogP contribution < -0.4 is 4.74 Å². The van der Waals surface area contributed by atoms with Crippen molar-refractivity contribution in [2.75, 3.05) is 27.3 Å². The molecular formula is C26H31NO3. The zero-order chi connectivity index (χ0) is 21.3. The van der Waals surface area contributed by atoms with Gasteiger partial charge in [-0.3, -0.25) is 4.90 Å². The van der Waals surface area contributed by atoms with Crippen LogP contribution >= 0.6 is 0 Å². The van der Waals surface area contributed by atoms with E-state index in [2.05, 4.69) is 54.3 Å². The third-order valence-electron chi connectivity index (χ3n) is 5.05. The van der Waals surface area contributed by atoms with E-state index in [1.165, 1.54) is 5.56 Å². The second-order valence-electron chi connectivity index (χ2n) is 7.74. The van der Waals surface area contributed by atoms with E-state index in [4.69, 9.17) is 9.47 Å². The summed E-state index contributed by atoms with van der Waals surface area (Å²) in [7, 11) is 3.67.